The minimum atomic E-state index is -3.81. The zero-order valence-electron chi connectivity index (χ0n) is 19.1. The number of aryl methyl sites for hydroxylation is 1. The predicted molar refractivity (Wildman–Crippen MR) is 127 cm³/mol. The van der Waals surface area contributed by atoms with Crippen molar-refractivity contribution in [1.29, 1.82) is 0 Å². The van der Waals surface area contributed by atoms with Gasteiger partial charge in [0.25, 0.3) is 0 Å². The van der Waals surface area contributed by atoms with Crippen LogP contribution >= 0.6 is 0 Å². The van der Waals surface area contributed by atoms with Gasteiger partial charge in [-0.2, -0.15) is 8.61 Å². The molecule has 0 aliphatic carbocycles. The lowest BCUT2D eigenvalue weighted by Gasteiger charge is -2.31. The SMILES string of the molecule is CCN(CC(=O)Nc1ccc(S(=O)(=O)N2CCN(C)CC2)cc1)S(=O)(=O)c1ccc(C)cc1. The van der Waals surface area contributed by atoms with Gasteiger partial charge >= 0.3 is 0 Å². The highest BCUT2D eigenvalue weighted by Crippen LogP contribution is 2.20. The number of amides is 1. The van der Waals surface area contributed by atoms with Crippen molar-refractivity contribution >= 4 is 31.6 Å². The molecular formula is C22H30N4O5S2. The highest BCUT2D eigenvalue weighted by atomic mass is 32.2. The molecule has 1 saturated heterocycles. The summed E-state index contributed by atoms with van der Waals surface area (Å²) in [6.45, 7) is 5.51. The number of carbonyl (C=O) groups is 1. The summed E-state index contributed by atoms with van der Waals surface area (Å²) in [6, 6.07) is 12.4. The van der Waals surface area contributed by atoms with Crippen molar-refractivity contribution in [3.8, 4) is 0 Å². The van der Waals surface area contributed by atoms with Gasteiger partial charge in [0, 0.05) is 38.4 Å². The molecule has 0 unspecified atom stereocenters. The number of likely N-dealkylation sites (N-methyl/N-ethyl adjacent to an activating group) is 2. The normalized spacial score (nSPS) is 16.1. The van der Waals surface area contributed by atoms with E-state index < -0.39 is 26.0 Å². The third kappa shape index (κ3) is 5.98. The average molecular weight is 495 g/mol. The van der Waals surface area contributed by atoms with Crippen LogP contribution in [-0.4, -0.2) is 82.6 Å². The monoisotopic (exact) mass is 494 g/mol. The van der Waals surface area contributed by atoms with Crippen LogP contribution in [0, 0.1) is 6.92 Å². The van der Waals surface area contributed by atoms with E-state index >= 15 is 0 Å². The molecule has 1 fully saturated rings. The maximum absolute atomic E-state index is 12.9. The molecule has 1 aliphatic rings. The molecule has 0 radical (unpaired) electrons. The lowest BCUT2D eigenvalue weighted by molar-refractivity contribution is -0.116. The van der Waals surface area contributed by atoms with Gasteiger partial charge in [-0.1, -0.05) is 24.6 Å². The molecule has 0 bridgehead atoms. The second kappa shape index (κ2) is 10.3. The third-order valence-electron chi connectivity index (χ3n) is 5.57. The molecule has 3 rings (SSSR count). The van der Waals surface area contributed by atoms with E-state index in [1.54, 1.807) is 19.1 Å². The van der Waals surface area contributed by atoms with E-state index in [1.165, 1.54) is 40.7 Å². The zero-order chi connectivity index (χ0) is 24.2. The fraction of sp³-hybridized carbons (Fsp3) is 0.409. The van der Waals surface area contributed by atoms with E-state index in [0.29, 0.717) is 31.9 Å². The molecule has 180 valence electrons. The third-order valence-corrected chi connectivity index (χ3v) is 9.42. The summed E-state index contributed by atoms with van der Waals surface area (Å²) in [7, 11) is -5.46. The molecule has 1 N–H and O–H groups in total. The Kier molecular flexibility index (Phi) is 7.91. The summed E-state index contributed by atoms with van der Waals surface area (Å²) in [5, 5.41) is 2.64. The number of hydrogen-bond donors (Lipinski definition) is 1. The Morgan fingerprint density at radius 1 is 0.909 bits per heavy atom. The Hall–Kier alpha value is -2.31. The first-order valence-corrected chi connectivity index (χ1v) is 13.6. The average Bonchev–Trinajstić information content (AvgIpc) is 2.78. The minimum Gasteiger partial charge on any atom is -0.325 e. The highest BCUT2D eigenvalue weighted by Gasteiger charge is 2.28. The van der Waals surface area contributed by atoms with E-state index in [2.05, 4.69) is 10.2 Å². The van der Waals surface area contributed by atoms with Crippen LogP contribution in [0.5, 0.6) is 0 Å². The molecule has 0 saturated carbocycles. The summed E-state index contributed by atoms with van der Waals surface area (Å²) >= 11 is 0. The van der Waals surface area contributed by atoms with E-state index in [0.717, 1.165) is 9.87 Å². The van der Waals surface area contributed by atoms with Gasteiger partial charge in [-0.3, -0.25) is 4.79 Å². The highest BCUT2D eigenvalue weighted by molar-refractivity contribution is 7.89. The number of piperazine rings is 1. The number of rotatable bonds is 8. The second-order valence-electron chi connectivity index (χ2n) is 8.02. The fourth-order valence-corrected chi connectivity index (χ4v) is 6.30. The Balaban J connectivity index is 1.66. The maximum atomic E-state index is 12.9. The summed E-state index contributed by atoms with van der Waals surface area (Å²) in [6.07, 6.45) is 0. The van der Waals surface area contributed by atoms with Gasteiger partial charge in [0.15, 0.2) is 0 Å². The minimum absolute atomic E-state index is 0.126. The van der Waals surface area contributed by atoms with Crippen molar-refractivity contribution in [2.24, 2.45) is 0 Å². The van der Waals surface area contributed by atoms with Gasteiger partial charge in [-0.25, -0.2) is 16.8 Å². The van der Waals surface area contributed by atoms with Crippen LogP contribution in [0.25, 0.3) is 0 Å². The summed E-state index contributed by atoms with van der Waals surface area (Å²) in [5.41, 5.74) is 1.33. The van der Waals surface area contributed by atoms with Crippen LogP contribution < -0.4 is 5.32 Å². The van der Waals surface area contributed by atoms with E-state index in [-0.39, 0.29) is 22.9 Å². The lowest BCUT2D eigenvalue weighted by Crippen LogP contribution is -2.46. The second-order valence-corrected chi connectivity index (χ2v) is 11.9. The summed E-state index contributed by atoms with van der Waals surface area (Å²) < 4.78 is 53.9. The van der Waals surface area contributed by atoms with Crippen molar-refractivity contribution < 1.29 is 21.6 Å². The van der Waals surface area contributed by atoms with Crippen molar-refractivity contribution in [3.05, 3.63) is 54.1 Å². The first kappa shape index (κ1) is 25.3. The lowest BCUT2D eigenvalue weighted by atomic mass is 10.2. The number of anilines is 1. The van der Waals surface area contributed by atoms with Gasteiger partial charge in [0.2, 0.25) is 26.0 Å². The van der Waals surface area contributed by atoms with Crippen LogP contribution in [0.4, 0.5) is 5.69 Å². The molecule has 2 aromatic carbocycles. The standard InChI is InChI=1S/C22H30N4O5S2/c1-4-25(32(28,29)20-9-5-18(2)6-10-20)17-22(27)23-19-7-11-21(12-8-19)33(30,31)26-15-13-24(3)14-16-26/h5-12H,4,13-17H2,1-3H3,(H,23,27). The van der Waals surface area contributed by atoms with Crippen LogP contribution in [-0.2, 0) is 24.8 Å². The first-order valence-electron chi connectivity index (χ1n) is 10.7. The van der Waals surface area contributed by atoms with Crippen LogP contribution in [0.2, 0.25) is 0 Å². The van der Waals surface area contributed by atoms with Gasteiger partial charge < -0.3 is 10.2 Å². The van der Waals surface area contributed by atoms with Crippen molar-refractivity contribution in [2.45, 2.75) is 23.6 Å². The Morgan fingerprint density at radius 2 is 1.45 bits per heavy atom. The molecule has 2 aromatic rings. The molecule has 0 atom stereocenters. The first-order chi connectivity index (χ1) is 15.5. The van der Waals surface area contributed by atoms with Crippen molar-refractivity contribution in [1.82, 2.24) is 13.5 Å². The molecule has 1 heterocycles. The van der Waals surface area contributed by atoms with Crippen molar-refractivity contribution in [2.75, 3.05) is 51.6 Å². The predicted octanol–water partition coefficient (Wildman–Crippen LogP) is 1.58. The molecule has 33 heavy (non-hydrogen) atoms. The number of carbonyl (C=O) groups excluding carboxylic acids is 1. The molecule has 11 heteroatoms. The van der Waals surface area contributed by atoms with E-state index in [4.69, 9.17) is 0 Å². The van der Waals surface area contributed by atoms with Crippen LogP contribution in [0.1, 0.15) is 12.5 Å². The number of hydrogen-bond acceptors (Lipinski definition) is 6. The molecule has 1 aliphatic heterocycles. The number of nitrogens with one attached hydrogen (secondary N) is 1. The molecule has 0 spiro atoms. The van der Waals surface area contributed by atoms with Gasteiger partial charge in [-0.05, 0) is 50.4 Å². The van der Waals surface area contributed by atoms with Gasteiger partial charge in [-0.15, -0.1) is 0 Å². The van der Waals surface area contributed by atoms with Crippen LogP contribution in [0.3, 0.4) is 0 Å². The molecular weight excluding hydrogens is 464 g/mol. The van der Waals surface area contributed by atoms with E-state index in [9.17, 15) is 21.6 Å². The molecule has 1 amide bonds. The summed E-state index contributed by atoms with van der Waals surface area (Å²) in [5.74, 6) is -0.512. The quantitative estimate of drug-likeness (QED) is 0.597. The van der Waals surface area contributed by atoms with Crippen LogP contribution in [0.15, 0.2) is 58.3 Å². The topological polar surface area (TPSA) is 107 Å². The van der Waals surface area contributed by atoms with Crippen molar-refractivity contribution in [3.63, 3.8) is 0 Å². The smallest absolute Gasteiger partial charge is 0.243 e. The summed E-state index contributed by atoms with van der Waals surface area (Å²) in [4.78, 5) is 14.9. The number of benzene rings is 2. The number of nitrogens with zero attached hydrogens (tertiary/aromatic N) is 3. The number of sulfonamides is 2. The molecule has 9 nitrogen and oxygen atoms in total. The zero-order valence-corrected chi connectivity index (χ0v) is 20.7. The fourth-order valence-electron chi connectivity index (χ4n) is 3.47. The Labute approximate surface area is 196 Å². The van der Waals surface area contributed by atoms with Gasteiger partial charge in [0.1, 0.15) is 0 Å². The maximum Gasteiger partial charge on any atom is 0.243 e. The largest absolute Gasteiger partial charge is 0.325 e. The molecule has 0 aromatic heterocycles. The van der Waals surface area contributed by atoms with E-state index in [1.807, 2.05) is 14.0 Å². The Bertz CT molecular complexity index is 1170. The Morgan fingerprint density at radius 3 is 2.00 bits per heavy atom. The van der Waals surface area contributed by atoms with Gasteiger partial charge in [0.05, 0.1) is 16.3 Å².